The Morgan fingerprint density at radius 3 is 2.31 bits per heavy atom. The number of aryl methyl sites for hydroxylation is 1. The molecule has 2 aliphatic rings. The lowest BCUT2D eigenvalue weighted by Crippen LogP contribution is -2.18. The zero-order valence-electron chi connectivity index (χ0n) is 16.4. The average Bonchev–Trinajstić information content (AvgIpc) is 2.67. The SMILES string of the molecule is CCCCCC1CCC(CCC2CCc3cc(C#N)c(F)cc3C2)CC1. The summed E-state index contributed by atoms with van der Waals surface area (Å²) in [6, 6.07) is 5.37. The Labute approximate surface area is 159 Å². The molecule has 1 nitrogen and oxygen atoms in total. The Hall–Kier alpha value is -1.36. The topological polar surface area (TPSA) is 23.8 Å². The van der Waals surface area contributed by atoms with Gasteiger partial charge < -0.3 is 0 Å². The van der Waals surface area contributed by atoms with Crippen molar-refractivity contribution in [3.63, 3.8) is 0 Å². The summed E-state index contributed by atoms with van der Waals surface area (Å²) >= 11 is 0. The second-order valence-electron chi connectivity index (χ2n) is 8.78. The molecular weight excluding hydrogens is 321 g/mol. The van der Waals surface area contributed by atoms with Crippen LogP contribution in [-0.2, 0) is 12.8 Å². The van der Waals surface area contributed by atoms with Gasteiger partial charge in [0.1, 0.15) is 11.9 Å². The van der Waals surface area contributed by atoms with Crippen molar-refractivity contribution >= 4 is 0 Å². The van der Waals surface area contributed by atoms with Gasteiger partial charge in [-0.1, -0.05) is 64.7 Å². The van der Waals surface area contributed by atoms with E-state index in [1.165, 1.54) is 76.2 Å². The molecule has 0 aromatic heterocycles. The number of fused-ring (bicyclic) bond motifs is 1. The fourth-order valence-electron chi connectivity index (χ4n) is 5.15. The second-order valence-corrected chi connectivity index (χ2v) is 8.78. The van der Waals surface area contributed by atoms with E-state index in [2.05, 4.69) is 6.92 Å². The Kier molecular flexibility index (Phi) is 7.12. The van der Waals surface area contributed by atoms with E-state index in [0.717, 1.165) is 30.2 Å². The number of unbranched alkanes of at least 4 members (excludes halogenated alkanes) is 2. The van der Waals surface area contributed by atoms with E-state index >= 15 is 0 Å². The van der Waals surface area contributed by atoms with Gasteiger partial charge in [-0.15, -0.1) is 0 Å². The molecule has 0 amide bonds. The van der Waals surface area contributed by atoms with Crippen molar-refractivity contribution < 1.29 is 4.39 Å². The molecule has 2 aliphatic carbocycles. The molecule has 0 radical (unpaired) electrons. The molecule has 0 bridgehead atoms. The van der Waals surface area contributed by atoms with E-state index in [9.17, 15) is 4.39 Å². The van der Waals surface area contributed by atoms with Crippen molar-refractivity contribution in [2.24, 2.45) is 17.8 Å². The highest BCUT2D eigenvalue weighted by Gasteiger charge is 2.24. The third-order valence-electron chi connectivity index (χ3n) is 6.91. The van der Waals surface area contributed by atoms with Gasteiger partial charge in [-0.3, -0.25) is 0 Å². The van der Waals surface area contributed by atoms with E-state index in [1.54, 1.807) is 12.1 Å². The molecular formula is C24H34FN. The van der Waals surface area contributed by atoms with Crippen LogP contribution in [0.15, 0.2) is 12.1 Å². The fraction of sp³-hybridized carbons (Fsp3) is 0.708. The van der Waals surface area contributed by atoms with Crippen LogP contribution in [0, 0.1) is 34.9 Å². The fourth-order valence-corrected chi connectivity index (χ4v) is 5.15. The average molecular weight is 356 g/mol. The van der Waals surface area contributed by atoms with Crippen molar-refractivity contribution in [1.29, 1.82) is 5.26 Å². The van der Waals surface area contributed by atoms with Gasteiger partial charge in [0.05, 0.1) is 5.56 Å². The predicted molar refractivity (Wildman–Crippen MR) is 105 cm³/mol. The molecule has 1 atom stereocenters. The Morgan fingerprint density at radius 1 is 0.923 bits per heavy atom. The molecule has 0 N–H and O–H groups in total. The minimum atomic E-state index is -0.340. The molecule has 3 rings (SSSR count). The van der Waals surface area contributed by atoms with E-state index < -0.39 is 0 Å². The summed E-state index contributed by atoms with van der Waals surface area (Å²) in [5.41, 5.74) is 2.56. The van der Waals surface area contributed by atoms with Crippen LogP contribution >= 0.6 is 0 Å². The molecule has 1 aromatic rings. The van der Waals surface area contributed by atoms with Gasteiger partial charge in [0, 0.05) is 0 Å². The number of benzene rings is 1. The van der Waals surface area contributed by atoms with Crippen molar-refractivity contribution in [1.82, 2.24) is 0 Å². The monoisotopic (exact) mass is 355 g/mol. The van der Waals surface area contributed by atoms with Crippen LogP contribution < -0.4 is 0 Å². The first-order valence-corrected chi connectivity index (χ1v) is 10.9. The van der Waals surface area contributed by atoms with Gasteiger partial charge in [-0.25, -0.2) is 4.39 Å². The maximum absolute atomic E-state index is 13.9. The minimum absolute atomic E-state index is 0.206. The zero-order valence-corrected chi connectivity index (χ0v) is 16.4. The van der Waals surface area contributed by atoms with Crippen LogP contribution in [-0.4, -0.2) is 0 Å². The molecule has 2 heteroatoms. The number of nitriles is 1. The van der Waals surface area contributed by atoms with Crippen molar-refractivity contribution in [3.05, 3.63) is 34.6 Å². The van der Waals surface area contributed by atoms with E-state index in [1.807, 2.05) is 6.07 Å². The smallest absolute Gasteiger partial charge is 0.141 e. The summed E-state index contributed by atoms with van der Waals surface area (Å²) in [4.78, 5) is 0. The van der Waals surface area contributed by atoms with E-state index in [4.69, 9.17) is 5.26 Å². The molecule has 26 heavy (non-hydrogen) atoms. The molecule has 1 aromatic carbocycles. The maximum atomic E-state index is 13.9. The standard InChI is InChI=1S/C24H34FN/c1-2-3-4-5-18-6-8-19(9-7-18)10-11-20-12-13-21-15-23(17-26)24(25)16-22(21)14-20/h15-16,18-20H,2-14H2,1H3. The molecule has 1 fully saturated rings. The van der Waals surface area contributed by atoms with Gasteiger partial charge in [0.2, 0.25) is 0 Å². The number of halogens is 1. The van der Waals surface area contributed by atoms with Gasteiger partial charge in [-0.2, -0.15) is 5.26 Å². The Morgan fingerprint density at radius 2 is 1.62 bits per heavy atom. The first kappa shape index (κ1) is 19.4. The summed E-state index contributed by atoms with van der Waals surface area (Å²) in [5.74, 6) is 2.29. The molecule has 0 heterocycles. The Bertz CT molecular complexity index is 622. The van der Waals surface area contributed by atoms with Gasteiger partial charge in [0.15, 0.2) is 0 Å². The molecule has 0 aliphatic heterocycles. The highest BCUT2D eigenvalue weighted by molar-refractivity contribution is 5.40. The third kappa shape index (κ3) is 5.09. The van der Waals surface area contributed by atoms with Gasteiger partial charge in [-0.05, 0) is 66.7 Å². The quantitative estimate of drug-likeness (QED) is 0.484. The van der Waals surface area contributed by atoms with Crippen LogP contribution in [0.4, 0.5) is 4.39 Å². The first-order valence-electron chi connectivity index (χ1n) is 10.9. The maximum Gasteiger partial charge on any atom is 0.141 e. The lowest BCUT2D eigenvalue weighted by atomic mass is 9.75. The summed E-state index contributed by atoms with van der Waals surface area (Å²) in [5, 5.41) is 8.99. The largest absolute Gasteiger partial charge is 0.206 e. The third-order valence-corrected chi connectivity index (χ3v) is 6.91. The Balaban J connectivity index is 1.41. The van der Waals surface area contributed by atoms with Crippen LogP contribution in [0.25, 0.3) is 0 Å². The summed E-state index contributed by atoms with van der Waals surface area (Å²) < 4.78 is 13.9. The van der Waals surface area contributed by atoms with Crippen LogP contribution in [0.1, 0.15) is 94.2 Å². The lowest BCUT2D eigenvalue weighted by molar-refractivity contribution is 0.233. The summed E-state index contributed by atoms with van der Waals surface area (Å²) in [6.07, 6.45) is 17.3. The highest BCUT2D eigenvalue weighted by Crippen LogP contribution is 2.37. The van der Waals surface area contributed by atoms with Gasteiger partial charge >= 0.3 is 0 Å². The van der Waals surface area contributed by atoms with Gasteiger partial charge in [0.25, 0.3) is 0 Å². The molecule has 1 unspecified atom stereocenters. The van der Waals surface area contributed by atoms with Crippen LogP contribution in [0.3, 0.4) is 0 Å². The molecule has 0 spiro atoms. The summed E-state index contributed by atoms with van der Waals surface area (Å²) in [6.45, 7) is 2.29. The number of hydrogen-bond donors (Lipinski definition) is 0. The molecule has 142 valence electrons. The highest BCUT2D eigenvalue weighted by atomic mass is 19.1. The van der Waals surface area contributed by atoms with Crippen molar-refractivity contribution in [2.45, 2.75) is 90.4 Å². The van der Waals surface area contributed by atoms with E-state index in [0.29, 0.717) is 5.92 Å². The van der Waals surface area contributed by atoms with Crippen molar-refractivity contribution in [3.8, 4) is 6.07 Å². The van der Waals surface area contributed by atoms with E-state index in [-0.39, 0.29) is 11.4 Å². The second kappa shape index (κ2) is 9.54. The zero-order chi connectivity index (χ0) is 18.4. The number of rotatable bonds is 7. The predicted octanol–water partition coefficient (Wildman–Crippen LogP) is 6.97. The lowest BCUT2D eigenvalue weighted by Gasteiger charge is -2.31. The van der Waals surface area contributed by atoms with Crippen LogP contribution in [0.5, 0.6) is 0 Å². The summed E-state index contributed by atoms with van der Waals surface area (Å²) in [7, 11) is 0. The number of hydrogen-bond acceptors (Lipinski definition) is 1. The minimum Gasteiger partial charge on any atom is -0.206 e. The molecule has 1 saturated carbocycles. The first-order chi connectivity index (χ1) is 12.7. The molecule has 0 saturated heterocycles. The van der Waals surface area contributed by atoms with Crippen LogP contribution in [0.2, 0.25) is 0 Å². The normalized spacial score (nSPS) is 25.5. The number of nitrogens with zero attached hydrogens (tertiary/aromatic N) is 1. The van der Waals surface area contributed by atoms with Crippen molar-refractivity contribution in [2.75, 3.05) is 0 Å².